The summed E-state index contributed by atoms with van der Waals surface area (Å²) in [5.41, 5.74) is 3.03. The van der Waals surface area contributed by atoms with E-state index in [0.29, 0.717) is 22.9 Å². The first-order valence-corrected chi connectivity index (χ1v) is 11.7. The van der Waals surface area contributed by atoms with E-state index in [1.54, 1.807) is 42.3 Å². The number of aromatic nitrogens is 3. The molecule has 0 radical (unpaired) electrons. The number of hydrogen-bond donors (Lipinski definition) is 1. The Morgan fingerprint density at radius 3 is 2.41 bits per heavy atom. The number of nitrogens with zero attached hydrogens (tertiary/aromatic N) is 3. The molecule has 2 aromatic carbocycles. The average Bonchev–Trinajstić information content (AvgIpc) is 3.11. The molecular weight excluding hydrogens is 424 g/mol. The smallest absolute Gasteiger partial charge is 0.263 e. The van der Waals surface area contributed by atoms with Crippen molar-refractivity contribution < 1.29 is 13.2 Å². The maximum atomic E-state index is 13.2. The van der Waals surface area contributed by atoms with Gasteiger partial charge in [0.15, 0.2) is 0 Å². The zero-order valence-electron chi connectivity index (χ0n) is 18.7. The number of aryl methyl sites for hydroxylation is 1. The fourth-order valence-electron chi connectivity index (χ4n) is 3.57. The summed E-state index contributed by atoms with van der Waals surface area (Å²) in [7, 11) is -2.27. The third-order valence-corrected chi connectivity index (χ3v) is 6.62. The largest absolute Gasteiger partial charge is 0.494 e. The van der Waals surface area contributed by atoms with Gasteiger partial charge in [-0.2, -0.15) is 5.10 Å². The molecule has 2 aromatic heterocycles. The Bertz CT molecular complexity index is 1390. The van der Waals surface area contributed by atoms with Crippen LogP contribution in [0.2, 0.25) is 0 Å². The van der Waals surface area contributed by atoms with Gasteiger partial charge in [0.25, 0.3) is 10.0 Å². The number of methoxy groups -OCH3 is 1. The summed E-state index contributed by atoms with van der Waals surface area (Å²) in [4.78, 5) is 4.58. The third kappa shape index (κ3) is 4.05. The van der Waals surface area contributed by atoms with Crippen molar-refractivity contribution >= 4 is 26.7 Å². The lowest BCUT2D eigenvalue weighted by molar-refractivity contribution is 0.412. The molecular formula is C24H26N4O3S. The van der Waals surface area contributed by atoms with E-state index in [1.165, 1.54) is 0 Å². The standard InChI is InChI=1S/C24H26N4O3S/c1-16-15-22(27-32(29,30)18-10-8-17(9-11-18)24(2,3)4)28(26-16)23-19-7-6-14-25-20(19)12-13-21(23)31-5/h6-15,27H,1-5H3. The van der Waals surface area contributed by atoms with Crippen LogP contribution < -0.4 is 9.46 Å². The molecule has 166 valence electrons. The monoisotopic (exact) mass is 450 g/mol. The number of fused-ring (bicyclic) bond motifs is 1. The van der Waals surface area contributed by atoms with Crippen LogP contribution in [0.25, 0.3) is 16.6 Å². The number of sulfonamides is 1. The predicted molar refractivity (Wildman–Crippen MR) is 126 cm³/mol. The SMILES string of the molecule is COc1ccc2ncccc2c1-n1nc(C)cc1NS(=O)(=O)c1ccc(C(C)(C)C)cc1. The highest BCUT2D eigenvalue weighted by molar-refractivity contribution is 7.92. The average molecular weight is 451 g/mol. The maximum Gasteiger partial charge on any atom is 0.263 e. The van der Waals surface area contributed by atoms with Gasteiger partial charge in [0.05, 0.1) is 23.2 Å². The van der Waals surface area contributed by atoms with Crippen LogP contribution in [0.15, 0.2) is 65.7 Å². The van der Waals surface area contributed by atoms with E-state index in [0.717, 1.165) is 16.5 Å². The fraction of sp³-hybridized carbons (Fsp3) is 0.250. The molecule has 0 aliphatic carbocycles. The van der Waals surface area contributed by atoms with Crippen LogP contribution in [-0.2, 0) is 15.4 Å². The first-order chi connectivity index (χ1) is 15.1. The molecule has 0 saturated carbocycles. The Morgan fingerprint density at radius 1 is 1.03 bits per heavy atom. The van der Waals surface area contributed by atoms with Gasteiger partial charge in [-0.1, -0.05) is 32.9 Å². The van der Waals surface area contributed by atoms with Gasteiger partial charge in [-0.15, -0.1) is 0 Å². The topological polar surface area (TPSA) is 86.1 Å². The Hall–Kier alpha value is -3.39. The summed E-state index contributed by atoms with van der Waals surface area (Å²) in [5, 5.41) is 5.34. The molecule has 0 aliphatic rings. The molecule has 0 aliphatic heterocycles. The molecule has 0 bridgehead atoms. The predicted octanol–water partition coefficient (Wildman–Crippen LogP) is 4.84. The van der Waals surface area contributed by atoms with Crippen LogP contribution in [0.4, 0.5) is 5.82 Å². The third-order valence-electron chi connectivity index (χ3n) is 5.25. The van der Waals surface area contributed by atoms with E-state index in [2.05, 4.69) is 35.6 Å². The number of pyridine rings is 1. The Balaban J connectivity index is 1.80. The molecule has 32 heavy (non-hydrogen) atoms. The summed E-state index contributed by atoms with van der Waals surface area (Å²) in [6, 6.07) is 16.0. The molecule has 0 fully saturated rings. The summed E-state index contributed by atoms with van der Waals surface area (Å²) in [5.74, 6) is 0.876. The first kappa shape index (κ1) is 21.8. The van der Waals surface area contributed by atoms with Gasteiger partial charge in [0, 0.05) is 17.6 Å². The van der Waals surface area contributed by atoms with E-state index in [1.807, 2.05) is 37.3 Å². The van der Waals surface area contributed by atoms with Crippen molar-refractivity contribution in [2.45, 2.75) is 38.0 Å². The molecule has 0 unspecified atom stereocenters. The van der Waals surface area contributed by atoms with Crippen LogP contribution in [0, 0.1) is 6.92 Å². The van der Waals surface area contributed by atoms with Crippen LogP contribution in [-0.4, -0.2) is 30.3 Å². The lowest BCUT2D eigenvalue weighted by Gasteiger charge is -2.19. The molecule has 4 aromatic rings. The summed E-state index contributed by atoms with van der Waals surface area (Å²) in [6.45, 7) is 8.07. The maximum absolute atomic E-state index is 13.2. The Kier molecular flexibility index (Phi) is 5.42. The van der Waals surface area contributed by atoms with Gasteiger partial charge in [-0.05, 0) is 54.3 Å². The summed E-state index contributed by atoms with van der Waals surface area (Å²) < 4.78 is 36.2. The van der Waals surface area contributed by atoms with Crippen molar-refractivity contribution in [2.24, 2.45) is 0 Å². The summed E-state index contributed by atoms with van der Waals surface area (Å²) >= 11 is 0. The van der Waals surface area contributed by atoms with Crippen LogP contribution in [0.3, 0.4) is 0 Å². The molecule has 4 rings (SSSR count). The number of benzene rings is 2. The number of rotatable bonds is 5. The van der Waals surface area contributed by atoms with E-state index in [-0.39, 0.29) is 10.3 Å². The second-order valence-corrected chi connectivity index (χ2v) is 10.3. The highest BCUT2D eigenvalue weighted by Crippen LogP contribution is 2.33. The minimum Gasteiger partial charge on any atom is -0.494 e. The van der Waals surface area contributed by atoms with Crippen molar-refractivity contribution in [3.63, 3.8) is 0 Å². The van der Waals surface area contributed by atoms with E-state index in [4.69, 9.17) is 4.74 Å². The highest BCUT2D eigenvalue weighted by Gasteiger charge is 2.22. The fourth-order valence-corrected chi connectivity index (χ4v) is 4.61. The lowest BCUT2D eigenvalue weighted by Crippen LogP contribution is -2.17. The van der Waals surface area contributed by atoms with Gasteiger partial charge in [0.2, 0.25) is 0 Å². The van der Waals surface area contributed by atoms with Crippen molar-refractivity contribution in [3.05, 3.63) is 72.1 Å². The quantitative estimate of drug-likeness (QED) is 0.470. The van der Waals surface area contributed by atoms with Crippen molar-refractivity contribution in [1.29, 1.82) is 0 Å². The number of hydrogen-bond acceptors (Lipinski definition) is 5. The minimum absolute atomic E-state index is 0.0651. The van der Waals surface area contributed by atoms with Gasteiger partial charge in [-0.3, -0.25) is 9.71 Å². The van der Waals surface area contributed by atoms with Crippen molar-refractivity contribution in [2.75, 3.05) is 11.8 Å². The van der Waals surface area contributed by atoms with Gasteiger partial charge in [-0.25, -0.2) is 13.1 Å². The van der Waals surface area contributed by atoms with E-state index < -0.39 is 10.0 Å². The zero-order chi connectivity index (χ0) is 23.1. The first-order valence-electron chi connectivity index (χ1n) is 10.2. The summed E-state index contributed by atoms with van der Waals surface area (Å²) in [6.07, 6.45) is 1.71. The lowest BCUT2D eigenvalue weighted by atomic mass is 9.87. The molecule has 0 spiro atoms. The zero-order valence-corrected chi connectivity index (χ0v) is 19.6. The molecule has 0 atom stereocenters. The van der Waals surface area contributed by atoms with Crippen LogP contribution in [0.1, 0.15) is 32.0 Å². The van der Waals surface area contributed by atoms with Crippen molar-refractivity contribution in [3.8, 4) is 11.4 Å². The van der Waals surface area contributed by atoms with E-state index >= 15 is 0 Å². The van der Waals surface area contributed by atoms with Crippen LogP contribution >= 0.6 is 0 Å². The molecule has 7 nitrogen and oxygen atoms in total. The van der Waals surface area contributed by atoms with Gasteiger partial charge in [0.1, 0.15) is 17.3 Å². The number of nitrogens with one attached hydrogen (secondary N) is 1. The molecule has 2 heterocycles. The molecule has 0 amide bonds. The molecule has 1 N–H and O–H groups in total. The number of ether oxygens (including phenoxy) is 1. The Labute approximate surface area is 188 Å². The van der Waals surface area contributed by atoms with E-state index in [9.17, 15) is 8.42 Å². The number of anilines is 1. The second-order valence-electron chi connectivity index (χ2n) is 8.65. The molecule has 0 saturated heterocycles. The molecule has 8 heteroatoms. The van der Waals surface area contributed by atoms with Crippen molar-refractivity contribution in [1.82, 2.24) is 14.8 Å². The highest BCUT2D eigenvalue weighted by atomic mass is 32.2. The normalized spacial score (nSPS) is 12.2. The minimum atomic E-state index is -3.83. The second kappa shape index (κ2) is 7.94. The van der Waals surface area contributed by atoms with Crippen LogP contribution in [0.5, 0.6) is 5.75 Å². The van der Waals surface area contributed by atoms with Gasteiger partial charge >= 0.3 is 0 Å². The Morgan fingerprint density at radius 2 is 1.75 bits per heavy atom. The van der Waals surface area contributed by atoms with Gasteiger partial charge < -0.3 is 4.74 Å².